The van der Waals surface area contributed by atoms with E-state index in [1.165, 1.54) is 103 Å². The first-order chi connectivity index (χ1) is 28.3. The molecule has 0 spiro atoms. The minimum absolute atomic E-state index is 0.198. The predicted molar refractivity (Wildman–Crippen MR) is 239 cm³/mol. The standard InChI is InChI=1S/C49H87NO8/c1-3-5-7-9-11-13-15-17-18-19-20-21-22-23-24-25-26-27-29-31-33-35-37-39-45(53)50-42(41-57-49-48(56)47(55)46(54)44(40-51)58-49)43(52)38-36-34-32-30-28-16-14-12-10-8-6-4-2/h15,17,19-20,22-23,28,30,36,38,42-44,46-49,51-52,54-56H,3-14,16,18,21,24-27,29,31-35,37,39-41H2,1-2H3,(H,50,53)/b17-15-,20-19-,23-22-,30-28+,38-36+. The van der Waals surface area contributed by atoms with E-state index in [9.17, 15) is 30.3 Å². The number of hydrogen-bond acceptors (Lipinski definition) is 8. The molecule has 58 heavy (non-hydrogen) atoms. The van der Waals surface area contributed by atoms with Gasteiger partial charge in [0.05, 0.1) is 25.4 Å². The first-order valence-electron chi connectivity index (χ1n) is 23.5. The first-order valence-corrected chi connectivity index (χ1v) is 23.5. The van der Waals surface area contributed by atoms with E-state index in [0.717, 1.165) is 64.2 Å². The summed E-state index contributed by atoms with van der Waals surface area (Å²) in [6, 6.07) is -0.826. The van der Waals surface area contributed by atoms with E-state index < -0.39 is 49.5 Å². The van der Waals surface area contributed by atoms with E-state index in [0.29, 0.717) is 6.42 Å². The quantitative estimate of drug-likeness (QED) is 0.0267. The summed E-state index contributed by atoms with van der Waals surface area (Å²) in [6.07, 6.45) is 44.1. The summed E-state index contributed by atoms with van der Waals surface area (Å²) in [5.41, 5.74) is 0. The Kier molecular flexibility index (Phi) is 36.3. The van der Waals surface area contributed by atoms with Crippen molar-refractivity contribution in [2.75, 3.05) is 13.2 Å². The largest absolute Gasteiger partial charge is 0.394 e. The van der Waals surface area contributed by atoms with Gasteiger partial charge in [0.15, 0.2) is 6.29 Å². The molecular formula is C49H87NO8. The van der Waals surface area contributed by atoms with Gasteiger partial charge in [-0.2, -0.15) is 0 Å². The van der Waals surface area contributed by atoms with Crippen LogP contribution in [-0.2, 0) is 14.3 Å². The van der Waals surface area contributed by atoms with Gasteiger partial charge in [0.2, 0.25) is 5.91 Å². The zero-order valence-corrected chi connectivity index (χ0v) is 36.8. The lowest BCUT2D eigenvalue weighted by Gasteiger charge is -2.40. The molecule has 1 saturated heterocycles. The predicted octanol–water partition coefficient (Wildman–Crippen LogP) is 10.0. The van der Waals surface area contributed by atoms with Crippen molar-refractivity contribution < 1.29 is 39.8 Å². The lowest BCUT2D eigenvalue weighted by Crippen LogP contribution is -2.60. The second-order valence-corrected chi connectivity index (χ2v) is 16.2. The average Bonchev–Trinajstić information content (AvgIpc) is 3.22. The van der Waals surface area contributed by atoms with Gasteiger partial charge in [0, 0.05) is 6.42 Å². The molecule has 0 aromatic carbocycles. The van der Waals surface area contributed by atoms with Crippen LogP contribution in [0, 0.1) is 0 Å². The molecule has 1 aliphatic heterocycles. The highest BCUT2D eigenvalue weighted by atomic mass is 16.7. The normalized spacial score (nSPS) is 21.4. The van der Waals surface area contributed by atoms with Crippen molar-refractivity contribution in [2.24, 2.45) is 0 Å². The van der Waals surface area contributed by atoms with Crippen LogP contribution in [0.4, 0.5) is 0 Å². The van der Waals surface area contributed by atoms with Gasteiger partial charge in [0.25, 0.3) is 0 Å². The minimum atomic E-state index is -1.57. The van der Waals surface area contributed by atoms with Gasteiger partial charge in [0.1, 0.15) is 24.4 Å². The monoisotopic (exact) mass is 818 g/mol. The minimum Gasteiger partial charge on any atom is -0.394 e. The molecular weight excluding hydrogens is 731 g/mol. The van der Waals surface area contributed by atoms with Crippen molar-refractivity contribution in [2.45, 2.75) is 230 Å². The van der Waals surface area contributed by atoms with Crippen molar-refractivity contribution in [1.29, 1.82) is 0 Å². The molecule has 1 amide bonds. The Balaban J connectivity index is 2.32. The van der Waals surface area contributed by atoms with Gasteiger partial charge in [-0.15, -0.1) is 0 Å². The molecule has 0 radical (unpaired) electrons. The van der Waals surface area contributed by atoms with Crippen LogP contribution in [0.3, 0.4) is 0 Å². The van der Waals surface area contributed by atoms with Crippen LogP contribution in [0.1, 0.15) is 187 Å². The van der Waals surface area contributed by atoms with Crippen LogP contribution in [0.25, 0.3) is 0 Å². The molecule has 0 bridgehead atoms. The fourth-order valence-corrected chi connectivity index (χ4v) is 7.00. The third-order valence-electron chi connectivity index (χ3n) is 10.8. The van der Waals surface area contributed by atoms with Gasteiger partial charge >= 0.3 is 0 Å². The Morgan fingerprint density at radius 2 is 1.03 bits per heavy atom. The number of unbranched alkanes of at least 4 members (excludes halogenated alkanes) is 20. The van der Waals surface area contributed by atoms with Gasteiger partial charge in [-0.3, -0.25) is 4.79 Å². The first kappa shape index (κ1) is 53.9. The highest BCUT2D eigenvalue weighted by molar-refractivity contribution is 5.76. The van der Waals surface area contributed by atoms with E-state index in [4.69, 9.17) is 9.47 Å². The van der Waals surface area contributed by atoms with Gasteiger partial charge in [-0.1, -0.05) is 171 Å². The van der Waals surface area contributed by atoms with E-state index in [2.05, 4.69) is 67.8 Å². The van der Waals surface area contributed by atoms with E-state index in [1.807, 2.05) is 6.08 Å². The molecule has 7 atom stereocenters. The summed E-state index contributed by atoms with van der Waals surface area (Å²) < 4.78 is 11.2. The Hall–Kier alpha value is -2.11. The van der Waals surface area contributed by atoms with Crippen LogP contribution >= 0.6 is 0 Å². The maximum Gasteiger partial charge on any atom is 0.220 e. The topological polar surface area (TPSA) is 149 Å². The van der Waals surface area contributed by atoms with Gasteiger partial charge in [-0.05, 0) is 70.6 Å². The van der Waals surface area contributed by atoms with Crippen LogP contribution < -0.4 is 5.32 Å². The molecule has 336 valence electrons. The van der Waals surface area contributed by atoms with E-state index in [-0.39, 0.29) is 12.5 Å². The number of aliphatic hydroxyl groups is 5. The Morgan fingerprint density at radius 1 is 0.586 bits per heavy atom. The lowest BCUT2D eigenvalue weighted by atomic mass is 9.99. The molecule has 0 saturated carbocycles. The Labute approximate surface area is 354 Å². The number of aliphatic hydroxyl groups excluding tert-OH is 5. The van der Waals surface area contributed by atoms with Crippen molar-refractivity contribution in [3.8, 4) is 0 Å². The van der Waals surface area contributed by atoms with Gasteiger partial charge < -0.3 is 40.3 Å². The van der Waals surface area contributed by atoms with Crippen molar-refractivity contribution >= 4 is 5.91 Å². The maximum absolute atomic E-state index is 12.9. The van der Waals surface area contributed by atoms with Crippen molar-refractivity contribution in [3.05, 3.63) is 60.8 Å². The molecule has 0 aliphatic carbocycles. The molecule has 1 aliphatic rings. The molecule has 1 rings (SSSR count). The van der Waals surface area contributed by atoms with Gasteiger partial charge in [-0.25, -0.2) is 0 Å². The highest BCUT2D eigenvalue weighted by Gasteiger charge is 2.44. The number of allylic oxidation sites excluding steroid dienone is 9. The summed E-state index contributed by atoms with van der Waals surface area (Å²) in [5, 5.41) is 54.1. The third kappa shape index (κ3) is 29.2. The fraction of sp³-hybridized carbons (Fsp3) is 0.776. The molecule has 0 aromatic heterocycles. The summed E-state index contributed by atoms with van der Waals surface area (Å²) >= 11 is 0. The summed E-state index contributed by atoms with van der Waals surface area (Å²) in [5.74, 6) is -0.198. The lowest BCUT2D eigenvalue weighted by molar-refractivity contribution is -0.302. The molecule has 6 N–H and O–H groups in total. The van der Waals surface area contributed by atoms with E-state index in [1.54, 1.807) is 6.08 Å². The SMILES string of the molecule is CCCCCCC/C=C\C/C=C\C/C=C\CCCCCCCCCCC(=O)NC(COC1OC(CO)C(O)C(O)C1O)C(O)/C=C/CC/C=C/CCCCCCCC. The summed E-state index contributed by atoms with van der Waals surface area (Å²) in [4.78, 5) is 12.9. The van der Waals surface area contributed by atoms with Crippen LogP contribution in [0.2, 0.25) is 0 Å². The molecule has 9 nitrogen and oxygen atoms in total. The second-order valence-electron chi connectivity index (χ2n) is 16.2. The number of amides is 1. The van der Waals surface area contributed by atoms with E-state index >= 15 is 0 Å². The molecule has 1 heterocycles. The Morgan fingerprint density at radius 3 is 1.57 bits per heavy atom. The zero-order valence-electron chi connectivity index (χ0n) is 36.8. The molecule has 0 aromatic rings. The number of rotatable bonds is 38. The van der Waals surface area contributed by atoms with Crippen molar-refractivity contribution in [1.82, 2.24) is 5.32 Å². The number of ether oxygens (including phenoxy) is 2. The second kappa shape index (κ2) is 39.1. The highest BCUT2D eigenvalue weighted by Crippen LogP contribution is 2.22. The number of hydrogen-bond donors (Lipinski definition) is 6. The average molecular weight is 818 g/mol. The summed E-state index contributed by atoms with van der Waals surface area (Å²) in [7, 11) is 0. The third-order valence-corrected chi connectivity index (χ3v) is 10.8. The molecule has 1 fully saturated rings. The van der Waals surface area contributed by atoms with Crippen LogP contribution in [0.15, 0.2) is 60.8 Å². The zero-order chi connectivity index (χ0) is 42.3. The maximum atomic E-state index is 12.9. The van der Waals surface area contributed by atoms with Crippen LogP contribution in [-0.4, -0.2) is 87.5 Å². The summed E-state index contributed by atoms with van der Waals surface area (Å²) in [6.45, 7) is 3.71. The molecule has 9 heteroatoms. The fourth-order valence-electron chi connectivity index (χ4n) is 7.00. The number of carbonyl (C=O) groups is 1. The molecule has 7 unspecified atom stereocenters. The number of nitrogens with one attached hydrogen (secondary N) is 1. The number of carbonyl (C=O) groups excluding carboxylic acids is 1. The smallest absolute Gasteiger partial charge is 0.220 e. The Bertz CT molecular complexity index is 1090. The van der Waals surface area contributed by atoms with Crippen LogP contribution in [0.5, 0.6) is 0 Å². The van der Waals surface area contributed by atoms with Crippen molar-refractivity contribution in [3.63, 3.8) is 0 Å².